The molecule has 0 heterocycles. The molecule has 7 heteroatoms. The topological polar surface area (TPSA) is 113 Å². The van der Waals surface area contributed by atoms with Gasteiger partial charge in [0.1, 0.15) is 0 Å². The summed E-state index contributed by atoms with van der Waals surface area (Å²) in [5.74, 6) is -1.23. The highest BCUT2D eigenvalue weighted by molar-refractivity contribution is 6.01. The summed E-state index contributed by atoms with van der Waals surface area (Å²) in [4.78, 5) is 34.4. The average molecular weight is 328 g/mol. The monoisotopic (exact) mass is 328 g/mol. The number of Topliss-reactive ketones (excluding diaryl/α,β-unsaturated/α-hetero) is 1. The Balaban J connectivity index is 2.13. The summed E-state index contributed by atoms with van der Waals surface area (Å²) < 4.78 is 4.96. The van der Waals surface area contributed by atoms with Gasteiger partial charge in [-0.15, -0.1) is 0 Å². The molecule has 0 radical (unpaired) electrons. The molecule has 2 aromatic rings. The van der Waals surface area contributed by atoms with Gasteiger partial charge in [0.25, 0.3) is 5.69 Å². The number of non-ortho nitro benzene ring substituents is 1. The van der Waals surface area contributed by atoms with E-state index in [1.807, 2.05) is 19.1 Å². The summed E-state index contributed by atoms with van der Waals surface area (Å²) >= 11 is 0. The quantitative estimate of drug-likeness (QED) is 0.297. The van der Waals surface area contributed by atoms with Gasteiger partial charge in [0.15, 0.2) is 6.61 Å². The first-order valence-electron chi connectivity index (χ1n) is 7.11. The number of rotatable bonds is 5. The van der Waals surface area contributed by atoms with Crippen molar-refractivity contribution in [2.75, 3.05) is 12.3 Å². The second-order valence-corrected chi connectivity index (χ2v) is 5.35. The number of nitro groups is 1. The van der Waals surface area contributed by atoms with Crippen molar-refractivity contribution in [1.29, 1.82) is 0 Å². The van der Waals surface area contributed by atoms with E-state index in [4.69, 9.17) is 10.5 Å². The minimum atomic E-state index is -0.880. The van der Waals surface area contributed by atoms with Crippen molar-refractivity contribution in [3.63, 3.8) is 0 Å². The van der Waals surface area contributed by atoms with Crippen molar-refractivity contribution in [2.45, 2.75) is 13.8 Å². The first kappa shape index (κ1) is 17.1. The second-order valence-electron chi connectivity index (χ2n) is 5.35. The molecule has 0 bridgehead atoms. The number of hydrogen-bond acceptors (Lipinski definition) is 6. The van der Waals surface area contributed by atoms with E-state index in [0.29, 0.717) is 5.56 Å². The molecule has 0 aliphatic carbocycles. The fraction of sp³-hybridized carbons (Fsp3) is 0.176. The summed E-state index contributed by atoms with van der Waals surface area (Å²) in [5, 5.41) is 10.8. The third-order valence-corrected chi connectivity index (χ3v) is 3.50. The molecule has 0 atom stereocenters. The Hall–Kier alpha value is -3.22. The lowest BCUT2D eigenvalue weighted by atomic mass is 10.0. The van der Waals surface area contributed by atoms with Gasteiger partial charge in [0.2, 0.25) is 5.78 Å². The number of benzene rings is 2. The van der Waals surface area contributed by atoms with Crippen LogP contribution in [0, 0.1) is 24.0 Å². The number of esters is 1. The van der Waals surface area contributed by atoms with Crippen molar-refractivity contribution in [3.8, 4) is 0 Å². The maximum atomic E-state index is 12.2. The molecule has 0 aromatic heterocycles. The lowest BCUT2D eigenvalue weighted by Crippen LogP contribution is -2.16. The van der Waals surface area contributed by atoms with Crippen LogP contribution in [0.1, 0.15) is 31.8 Å². The van der Waals surface area contributed by atoms with Crippen LogP contribution in [-0.2, 0) is 4.74 Å². The van der Waals surface area contributed by atoms with Gasteiger partial charge in [0.05, 0.1) is 10.5 Å². The number of aryl methyl sites for hydroxylation is 2. The highest BCUT2D eigenvalue weighted by atomic mass is 16.6. The predicted octanol–water partition coefficient (Wildman–Crippen LogP) is 2.83. The van der Waals surface area contributed by atoms with E-state index in [9.17, 15) is 19.7 Å². The maximum absolute atomic E-state index is 12.2. The van der Waals surface area contributed by atoms with E-state index in [0.717, 1.165) is 17.2 Å². The number of nitrogen functional groups attached to an aromatic ring is 1. The first-order chi connectivity index (χ1) is 11.3. The zero-order chi connectivity index (χ0) is 17.9. The Kier molecular flexibility index (Phi) is 4.93. The van der Waals surface area contributed by atoms with Gasteiger partial charge in [-0.1, -0.05) is 17.7 Å². The van der Waals surface area contributed by atoms with Gasteiger partial charge in [-0.05, 0) is 31.5 Å². The van der Waals surface area contributed by atoms with Crippen molar-refractivity contribution in [1.82, 2.24) is 0 Å². The molecule has 0 aliphatic rings. The van der Waals surface area contributed by atoms with Crippen molar-refractivity contribution in [3.05, 3.63) is 68.8 Å². The highest BCUT2D eigenvalue weighted by Gasteiger charge is 2.18. The van der Waals surface area contributed by atoms with Crippen molar-refractivity contribution in [2.24, 2.45) is 0 Å². The summed E-state index contributed by atoms with van der Waals surface area (Å²) in [7, 11) is 0. The van der Waals surface area contributed by atoms with Gasteiger partial charge >= 0.3 is 5.97 Å². The smallest absolute Gasteiger partial charge is 0.340 e. The summed E-state index contributed by atoms with van der Waals surface area (Å²) in [6, 6.07) is 8.87. The number of carbonyl (C=O) groups excluding carboxylic acids is 2. The van der Waals surface area contributed by atoms with Crippen LogP contribution < -0.4 is 5.73 Å². The predicted molar refractivity (Wildman–Crippen MR) is 88.0 cm³/mol. The number of nitrogens with two attached hydrogens (primary N) is 1. The molecule has 7 nitrogen and oxygen atoms in total. The maximum Gasteiger partial charge on any atom is 0.340 e. The number of hydrogen-bond donors (Lipinski definition) is 1. The normalized spacial score (nSPS) is 10.2. The van der Waals surface area contributed by atoms with E-state index in [2.05, 4.69) is 0 Å². The molecule has 2 rings (SSSR count). The van der Waals surface area contributed by atoms with E-state index in [1.54, 1.807) is 13.0 Å². The zero-order valence-electron chi connectivity index (χ0n) is 13.2. The van der Waals surface area contributed by atoms with Gasteiger partial charge in [0, 0.05) is 23.4 Å². The summed E-state index contributed by atoms with van der Waals surface area (Å²) in [6.07, 6.45) is 0. The lowest BCUT2D eigenvalue weighted by Gasteiger charge is -2.08. The Bertz CT molecular complexity index is 830. The fourth-order valence-corrected chi connectivity index (χ4v) is 2.16. The molecule has 124 valence electrons. The SMILES string of the molecule is Cc1ccc(C)c(C(=O)COC(=O)c2cc([N+](=O)[O-])ccc2N)c1. The first-order valence-corrected chi connectivity index (χ1v) is 7.11. The van der Waals surface area contributed by atoms with Crippen LogP contribution in [-0.4, -0.2) is 23.3 Å². The van der Waals surface area contributed by atoms with Gasteiger partial charge < -0.3 is 10.5 Å². The van der Waals surface area contributed by atoms with Gasteiger partial charge in [-0.3, -0.25) is 14.9 Å². The molecule has 0 fully saturated rings. The number of carbonyl (C=O) groups is 2. The molecule has 2 aromatic carbocycles. The number of nitrogens with zero attached hydrogens (tertiary/aromatic N) is 1. The van der Waals surface area contributed by atoms with Crippen LogP contribution in [0.15, 0.2) is 36.4 Å². The number of ketones is 1. The Morgan fingerprint density at radius 2 is 1.83 bits per heavy atom. The van der Waals surface area contributed by atoms with E-state index < -0.39 is 17.5 Å². The van der Waals surface area contributed by atoms with Crippen LogP contribution in [0.4, 0.5) is 11.4 Å². The third kappa shape index (κ3) is 3.75. The Labute approximate surface area is 138 Å². The Morgan fingerprint density at radius 3 is 2.50 bits per heavy atom. The molecule has 24 heavy (non-hydrogen) atoms. The van der Waals surface area contributed by atoms with Crippen molar-refractivity contribution >= 4 is 23.1 Å². The summed E-state index contributed by atoms with van der Waals surface area (Å²) in [6.45, 7) is 3.17. The molecule has 0 aliphatic heterocycles. The van der Waals surface area contributed by atoms with Crippen LogP contribution in [0.5, 0.6) is 0 Å². The molecular weight excluding hydrogens is 312 g/mol. The molecule has 0 unspecified atom stereocenters. The minimum absolute atomic E-state index is 0.0461. The zero-order valence-corrected chi connectivity index (χ0v) is 13.2. The van der Waals surface area contributed by atoms with E-state index >= 15 is 0 Å². The lowest BCUT2D eigenvalue weighted by molar-refractivity contribution is -0.384. The van der Waals surface area contributed by atoms with Crippen LogP contribution in [0.3, 0.4) is 0 Å². The largest absolute Gasteiger partial charge is 0.454 e. The Morgan fingerprint density at radius 1 is 1.12 bits per heavy atom. The van der Waals surface area contributed by atoms with Crippen molar-refractivity contribution < 1.29 is 19.2 Å². The third-order valence-electron chi connectivity index (χ3n) is 3.50. The van der Waals surface area contributed by atoms with Crippen LogP contribution in [0.2, 0.25) is 0 Å². The standard InChI is InChI=1S/C17H16N2O5/c1-10-3-4-11(2)13(7-10)16(20)9-24-17(21)14-8-12(19(22)23)5-6-15(14)18/h3-8H,9,18H2,1-2H3. The van der Waals surface area contributed by atoms with Gasteiger partial charge in [-0.25, -0.2) is 4.79 Å². The van der Waals surface area contributed by atoms with E-state index in [1.165, 1.54) is 12.1 Å². The fourth-order valence-electron chi connectivity index (χ4n) is 2.16. The number of nitro benzene ring substituents is 1. The molecule has 0 spiro atoms. The van der Waals surface area contributed by atoms with E-state index in [-0.39, 0.29) is 22.7 Å². The molecular formula is C17H16N2O5. The van der Waals surface area contributed by atoms with Gasteiger partial charge in [-0.2, -0.15) is 0 Å². The molecule has 2 N–H and O–H groups in total. The van der Waals surface area contributed by atoms with Crippen LogP contribution >= 0.6 is 0 Å². The highest BCUT2D eigenvalue weighted by Crippen LogP contribution is 2.20. The molecule has 0 saturated carbocycles. The summed E-state index contributed by atoms with van der Waals surface area (Å²) in [5.41, 5.74) is 7.43. The average Bonchev–Trinajstić information content (AvgIpc) is 2.54. The van der Waals surface area contributed by atoms with Crippen LogP contribution in [0.25, 0.3) is 0 Å². The second kappa shape index (κ2) is 6.91. The molecule has 0 amide bonds. The number of ether oxygens (including phenoxy) is 1. The molecule has 0 saturated heterocycles. The minimum Gasteiger partial charge on any atom is -0.454 e. The number of anilines is 1.